The Morgan fingerprint density at radius 3 is 2.43 bits per heavy atom. The monoisotopic (exact) mass is 305 g/mol. The van der Waals surface area contributed by atoms with Crippen molar-refractivity contribution in [2.75, 3.05) is 12.0 Å². The number of hydrogen-bond acceptors (Lipinski definition) is 5. The van der Waals surface area contributed by atoms with E-state index in [1.807, 2.05) is 30.3 Å². The van der Waals surface area contributed by atoms with Gasteiger partial charge in [0.1, 0.15) is 6.61 Å². The van der Waals surface area contributed by atoms with Gasteiger partial charge in [0.2, 0.25) is 0 Å². The second-order valence-corrected chi connectivity index (χ2v) is 6.64. The first kappa shape index (κ1) is 15.1. The molecule has 0 amide bonds. The molecule has 21 heavy (non-hydrogen) atoms. The van der Waals surface area contributed by atoms with Gasteiger partial charge in [-0.15, -0.1) is 0 Å². The fourth-order valence-corrected chi connectivity index (χ4v) is 2.45. The molecule has 2 aromatic rings. The summed E-state index contributed by atoms with van der Waals surface area (Å²) in [6.07, 6.45) is 1.06. The summed E-state index contributed by atoms with van der Waals surface area (Å²) in [5, 5.41) is 0. The van der Waals surface area contributed by atoms with Crippen molar-refractivity contribution >= 4 is 21.5 Å². The molecule has 0 radical (unpaired) electrons. The molecule has 2 N–H and O–H groups in total. The molecule has 0 saturated heterocycles. The summed E-state index contributed by atoms with van der Waals surface area (Å²) in [6.45, 7) is 0.114. The summed E-state index contributed by atoms with van der Waals surface area (Å²) in [7, 11) is -3.44. The number of benzene rings is 2. The van der Waals surface area contributed by atoms with Crippen molar-refractivity contribution in [2.24, 2.45) is 0 Å². The molecule has 0 unspecified atom stereocenters. The van der Waals surface area contributed by atoms with Gasteiger partial charge in [0.05, 0.1) is 10.5 Å². The lowest BCUT2D eigenvalue weighted by Crippen LogP contribution is -2.08. The van der Waals surface area contributed by atoms with Crippen molar-refractivity contribution in [3.05, 3.63) is 59.7 Å². The summed E-state index contributed by atoms with van der Waals surface area (Å²) in [4.78, 5) is 12.0. The first-order chi connectivity index (χ1) is 9.86. The Morgan fingerprint density at radius 2 is 1.81 bits per heavy atom. The molecule has 2 aromatic carbocycles. The van der Waals surface area contributed by atoms with E-state index < -0.39 is 15.8 Å². The van der Waals surface area contributed by atoms with E-state index in [0.717, 1.165) is 11.8 Å². The van der Waals surface area contributed by atoms with Crippen LogP contribution in [-0.2, 0) is 21.2 Å². The average molecular weight is 305 g/mol. The third-order valence-corrected chi connectivity index (χ3v) is 3.90. The zero-order valence-electron chi connectivity index (χ0n) is 11.4. The van der Waals surface area contributed by atoms with Gasteiger partial charge in [-0.25, -0.2) is 13.2 Å². The third-order valence-electron chi connectivity index (χ3n) is 2.81. The van der Waals surface area contributed by atoms with Crippen LogP contribution in [-0.4, -0.2) is 20.6 Å². The Hall–Kier alpha value is -2.34. The molecule has 0 aliphatic rings. The number of anilines is 1. The summed E-state index contributed by atoms with van der Waals surface area (Å²) >= 11 is 0. The van der Waals surface area contributed by atoms with Crippen LogP contribution < -0.4 is 5.73 Å². The molecule has 0 aliphatic heterocycles. The highest BCUT2D eigenvalue weighted by molar-refractivity contribution is 7.90. The molecule has 0 bridgehead atoms. The first-order valence-corrected chi connectivity index (χ1v) is 8.07. The van der Waals surface area contributed by atoms with Crippen molar-refractivity contribution in [2.45, 2.75) is 11.5 Å². The zero-order chi connectivity index (χ0) is 15.5. The predicted molar refractivity (Wildman–Crippen MR) is 79.5 cm³/mol. The van der Waals surface area contributed by atoms with Crippen LogP contribution in [0.2, 0.25) is 0 Å². The average Bonchev–Trinajstić information content (AvgIpc) is 2.44. The van der Waals surface area contributed by atoms with Gasteiger partial charge in [0.15, 0.2) is 9.84 Å². The van der Waals surface area contributed by atoms with E-state index in [0.29, 0.717) is 0 Å². The number of rotatable bonds is 4. The molecule has 0 aliphatic carbocycles. The van der Waals surface area contributed by atoms with Crippen LogP contribution in [0, 0.1) is 0 Å². The van der Waals surface area contributed by atoms with Crippen molar-refractivity contribution in [3.8, 4) is 0 Å². The molecule has 0 fully saturated rings. The lowest BCUT2D eigenvalue weighted by molar-refractivity contribution is 0.0472. The van der Waals surface area contributed by atoms with Crippen LogP contribution in [0.25, 0.3) is 0 Å². The number of carbonyl (C=O) groups excluding carboxylic acids is 1. The molecular weight excluding hydrogens is 290 g/mol. The standard InChI is InChI=1S/C15H15NO4S/c1-21(18,19)14-8-12(7-13(16)9-14)15(17)20-10-11-5-3-2-4-6-11/h2-9H,10,16H2,1H3. The fourth-order valence-electron chi connectivity index (χ4n) is 1.76. The second kappa shape index (κ2) is 5.97. The fraction of sp³-hybridized carbons (Fsp3) is 0.133. The van der Waals surface area contributed by atoms with Crippen LogP contribution in [0.15, 0.2) is 53.4 Å². The first-order valence-electron chi connectivity index (χ1n) is 6.18. The number of nitrogen functional groups attached to an aromatic ring is 1. The Morgan fingerprint density at radius 1 is 1.14 bits per heavy atom. The lowest BCUT2D eigenvalue weighted by atomic mass is 10.2. The molecule has 0 aromatic heterocycles. The van der Waals surface area contributed by atoms with Crippen LogP contribution in [0.5, 0.6) is 0 Å². The smallest absolute Gasteiger partial charge is 0.338 e. The van der Waals surface area contributed by atoms with Gasteiger partial charge in [-0.05, 0) is 23.8 Å². The maximum absolute atomic E-state index is 12.0. The lowest BCUT2D eigenvalue weighted by Gasteiger charge is -2.07. The quantitative estimate of drug-likeness (QED) is 0.690. The van der Waals surface area contributed by atoms with E-state index in [4.69, 9.17) is 10.5 Å². The van der Waals surface area contributed by atoms with Crippen LogP contribution in [0.4, 0.5) is 5.69 Å². The molecular formula is C15H15NO4S. The largest absolute Gasteiger partial charge is 0.457 e. The summed E-state index contributed by atoms with van der Waals surface area (Å²) < 4.78 is 28.2. The molecule has 0 heterocycles. The number of hydrogen-bond donors (Lipinski definition) is 1. The minimum absolute atomic E-state index is 0.00541. The van der Waals surface area contributed by atoms with Crippen molar-refractivity contribution in [3.63, 3.8) is 0 Å². The highest BCUT2D eigenvalue weighted by Gasteiger charge is 2.14. The Bertz CT molecular complexity index is 754. The van der Waals surface area contributed by atoms with Gasteiger partial charge in [0.25, 0.3) is 0 Å². The number of esters is 1. The molecule has 0 spiro atoms. The number of sulfone groups is 1. The molecule has 110 valence electrons. The predicted octanol–water partition coefficient (Wildman–Crippen LogP) is 2.03. The Labute approximate surface area is 123 Å². The minimum Gasteiger partial charge on any atom is -0.457 e. The topological polar surface area (TPSA) is 86.5 Å². The summed E-state index contributed by atoms with van der Waals surface area (Å²) in [6, 6.07) is 13.2. The van der Waals surface area contributed by atoms with E-state index in [1.165, 1.54) is 18.2 Å². The van der Waals surface area contributed by atoms with Gasteiger partial charge >= 0.3 is 5.97 Å². The highest BCUT2D eigenvalue weighted by atomic mass is 32.2. The van der Waals surface area contributed by atoms with E-state index in [1.54, 1.807) is 0 Å². The van der Waals surface area contributed by atoms with E-state index in [2.05, 4.69) is 0 Å². The SMILES string of the molecule is CS(=O)(=O)c1cc(N)cc(C(=O)OCc2ccccc2)c1. The highest BCUT2D eigenvalue weighted by Crippen LogP contribution is 2.18. The van der Waals surface area contributed by atoms with Crippen LogP contribution >= 0.6 is 0 Å². The van der Waals surface area contributed by atoms with Crippen molar-refractivity contribution in [1.29, 1.82) is 0 Å². The molecule has 2 rings (SSSR count). The third kappa shape index (κ3) is 4.06. The van der Waals surface area contributed by atoms with Gasteiger partial charge in [-0.3, -0.25) is 0 Å². The summed E-state index contributed by atoms with van der Waals surface area (Å²) in [5.74, 6) is -0.615. The molecule has 6 heteroatoms. The normalized spacial score (nSPS) is 11.1. The molecule has 5 nitrogen and oxygen atoms in total. The summed E-state index contributed by atoms with van der Waals surface area (Å²) in [5.41, 5.74) is 6.79. The Balaban J connectivity index is 2.18. The van der Waals surface area contributed by atoms with E-state index in [-0.39, 0.29) is 22.8 Å². The second-order valence-electron chi connectivity index (χ2n) is 4.62. The zero-order valence-corrected chi connectivity index (χ0v) is 12.3. The number of carbonyl (C=O) groups is 1. The van der Waals surface area contributed by atoms with Gasteiger partial charge in [-0.2, -0.15) is 0 Å². The van der Waals surface area contributed by atoms with E-state index in [9.17, 15) is 13.2 Å². The number of nitrogens with two attached hydrogens (primary N) is 1. The minimum atomic E-state index is -3.44. The van der Waals surface area contributed by atoms with Crippen molar-refractivity contribution in [1.82, 2.24) is 0 Å². The van der Waals surface area contributed by atoms with E-state index >= 15 is 0 Å². The van der Waals surface area contributed by atoms with Crippen LogP contribution in [0.3, 0.4) is 0 Å². The van der Waals surface area contributed by atoms with Gasteiger partial charge in [0, 0.05) is 11.9 Å². The maximum atomic E-state index is 12.0. The maximum Gasteiger partial charge on any atom is 0.338 e. The molecule has 0 atom stereocenters. The van der Waals surface area contributed by atoms with Gasteiger partial charge in [-0.1, -0.05) is 30.3 Å². The molecule has 0 saturated carbocycles. The van der Waals surface area contributed by atoms with Gasteiger partial charge < -0.3 is 10.5 Å². The van der Waals surface area contributed by atoms with Crippen LogP contribution in [0.1, 0.15) is 15.9 Å². The Kier molecular flexibility index (Phi) is 4.28. The van der Waals surface area contributed by atoms with Crippen molar-refractivity contribution < 1.29 is 17.9 Å². The number of ether oxygens (including phenoxy) is 1.